The van der Waals surface area contributed by atoms with Gasteiger partial charge in [-0.2, -0.15) is 0 Å². The first kappa shape index (κ1) is 12.1. The summed E-state index contributed by atoms with van der Waals surface area (Å²) in [4.78, 5) is 9.91. The highest BCUT2D eigenvalue weighted by Gasteiger charge is 2.06. The molecule has 0 saturated heterocycles. The number of anilines is 1. The zero-order valence-electron chi connectivity index (χ0n) is 9.27. The summed E-state index contributed by atoms with van der Waals surface area (Å²) in [7, 11) is 1.93. The Morgan fingerprint density at radius 3 is 2.47 bits per heavy atom. The smallest absolute Gasteiger partial charge is 0.225 e. The predicted molar refractivity (Wildman–Crippen MR) is 70.6 cm³/mol. The molecule has 0 spiro atoms. The fourth-order valence-corrected chi connectivity index (χ4v) is 1.91. The molecule has 0 atom stereocenters. The van der Waals surface area contributed by atoms with Gasteiger partial charge in [0.15, 0.2) is 0 Å². The first-order valence-electron chi connectivity index (χ1n) is 5.10. The van der Waals surface area contributed by atoms with Gasteiger partial charge in [-0.15, -0.1) is 0 Å². The second-order valence-electron chi connectivity index (χ2n) is 3.66. The van der Waals surface area contributed by atoms with E-state index in [2.05, 4.69) is 22.1 Å². The zero-order valence-corrected chi connectivity index (χ0v) is 10.8. The van der Waals surface area contributed by atoms with Gasteiger partial charge >= 0.3 is 0 Å². The van der Waals surface area contributed by atoms with Gasteiger partial charge in [-0.25, -0.2) is 9.97 Å². The van der Waals surface area contributed by atoms with E-state index in [1.807, 2.05) is 30.1 Å². The molecule has 0 amide bonds. The summed E-state index contributed by atoms with van der Waals surface area (Å²) < 4.78 is 0. The first-order valence-corrected chi connectivity index (χ1v) is 5.86. The fourth-order valence-electron chi connectivity index (χ4n) is 1.51. The summed E-state index contributed by atoms with van der Waals surface area (Å²) in [6.07, 6.45) is 0. The summed E-state index contributed by atoms with van der Waals surface area (Å²) in [5, 5.41) is 0.507. The summed E-state index contributed by atoms with van der Waals surface area (Å²) in [5.74, 6) is 0.707. The van der Waals surface area contributed by atoms with Crippen molar-refractivity contribution >= 4 is 29.0 Å². The lowest BCUT2D eigenvalue weighted by atomic mass is 10.2. The maximum absolute atomic E-state index is 5.83. The Labute approximate surface area is 110 Å². The van der Waals surface area contributed by atoms with Crippen molar-refractivity contribution in [1.82, 2.24) is 9.97 Å². The molecule has 0 N–H and O–H groups in total. The molecular weight excluding hydrogens is 257 g/mol. The average Bonchev–Trinajstić information content (AvgIpc) is 2.29. The zero-order chi connectivity index (χ0) is 12.3. The number of nitrogens with zero attached hydrogens (tertiary/aromatic N) is 3. The summed E-state index contributed by atoms with van der Waals surface area (Å²) >= 11 is 11.6. The van der Waals surface area contributed by atoms with E-state index in [1.54, 1.807) is 6.07 Å². The van der Waals surface area contributed by atoms with Crippen LogP contribution in [0.3, 0.4) is 0 Å². The lowest BCUT2D eigenvalue weighted by Gasteiger charge is -2.18. The highest BCUT2D eigenvalue weighted by Crippen LogP contribution is 2.18. The second-order valence-corrected chi connectivity index (χ2v) is 4.38. The van der Waals surface area contributed by atoms with Crippen molar-refractivity contribution in [3.8, 4) is 0 Å². The third-order valence-electron chi connectivity index (χ3n) is 2.31. The van der Waals surface area contributed by atoms with Gasteiger partial charge in [0.2, 0.25) is 5.28 Å². The van der Waals surface area contributed by atoms with Gasteiger partial charge in [0.25, 0.3) is 0 Å². The molecule has 0 aliphatic heterocycles. The standard InChI is InChI=1S/C12H11Cl2N3/c1-17(8-9-5-3-2-4-6-9)11-7-10(13)15-12(14)16-11/h2-7H,8H2,1H3. The Morgan fingerprint density at radius 2 is 1.82 bits per heavy atom. The van der Waals surface area contributed by atoms with E-state index in [0.717, 1.165) is 6.54 Å². The van der Waals surface area contributed by atoms with Crippen molar-refractivity contribution in [3.05, 3.63) is 52.4 Å². The molecule has 5 heteroatoms. The van der Waals surface area contributed by atoms with Gasteiger partial charge in [-0.05, 0) is 17.2 Å². The third kappa shape index (κ3) is 3.32. The van der Waals surface area contributed by atoms with Gasteiger partial charge in [0.1, 0.15) is 11.0 Å². The van der Waals surface area contributed by atoms with Crippen molar-refractivity contribution in [3.63, 3.8) is 0 Å². The van der Waals surface area contributed by atoms with Crippen LogP contribution in [0.15, 0.2) is 36.4 Å². The largest absolute Gasteiger partial charge is 0.355 e. The minimum absolute atomic E-state index is 0.160. The Balaban J connectivity index is 2.17. The Kier molecular flexibility index (Phi) is 3.82. The van der Waals surface area contributed by atoms with Gasteiger partial charge in [0.05, 0.1) is 0 Å². The van der Waals surface area contributed by atoms with Crippen LogP contribution in [0.25, 0.3) is 0 Å². The number of rotatable bonds is 3. The molecule has 0 unspecified atom stereocenters. The molecule has 0 radical (unpaired) electrons. The molecule has 0 saturated carbocycles. The predicted octanol–water partition coefficient (Wildman–Crippen LogP) is 3.42. The first-order chi connectivity index (χ1) is 8.15. The molecule has 0 bridgehead atoms. The monoisotopic (exact) mass is 267 g/mol. The summed E-state index contributed by atoms with van der Waals surface area (Å²) in [6, 6.07) is 11.8. The van der Waals surface area contributed by atoms with Crippen molar-refractivity contribution in [2.45, 2.75) is 6.54 Å². The molecule has 1 heterocycles. The number of hydrogen-bond acceptors (Lipinski definition) is 3. The van der Waals surface area contributed by atoms with Crippen LogP contribution in [0, 0.1) is 0 Å². The number of benzene rings is 1. The molecule has 0 aliphatic carbocycles. The quantitative estimate of drug-likeness (QED) is 0.631. The highest BCUT2D eigenvalue weighted by atomic mass is 35.5. The van der Waals surface area contributed by atoms with E-state index in [1.165, 1.54) is 5.56 Å². The SMILES string of the molecule is CN(Cc1ccccc1)c1cc(Cl)nc(Cl)n1. The van der Waals surface area contributed by atoms with Crippen molar-refractivity contribution in [2.24, 2.45) is 0 Å². The summed E-state index contributed by atoms with van der Waals surface area (Å²) in [6.45, 7) is 0.741. The Morgan fingerprint density at radius 1 is 1.12 bits per heavy atom. The van der Waals surface area contributed by atoms with Crippen LogP contribution in [0.5, 0.6) is 0 Å². The van der Waals surface area contributed by atoms with E-state index in [-0.39, 0.29) is 5.28 Å². The normalized spacial score (nSPS) is 10.3. The number of hydrogen-bond donors (Lipinski definition) is 0. The van der Waals surface area contributed by atoms with Crippen LogP contribution >= 0.6 is 23.2 Å². The minimum Gasteiger partial charge on any atom is -0.355 e. The molecule has 17 heavy (non-hydrogen) atoms. The van der Waals surface area contributed by atoms with E-state index in [9.17, 15) is 0 Å². The van der Waals surface area contributed by atoms with E-state index in [0.29, 0.717) is 11.0 Å². The fraction of sp³-hybridized carbons (Fsp3) is 0.167. The highest BCUT2D eigenvalue weighted by molar-refractivity contribution is 6.32. The van der Waals surface area contributed by atoms with Gasteiger partial charge in [-0.3, -0.25) is 0 Å². The van der Waals surface area contributed by atoms with Crippen LogP contribution in [0.2, 0.25) is 10.4 Å². The maximum Gasteiger partial charge on any atom is 0.225 e. The van der Waals surface area contributed by atoms with Crippen molar-refractivity contribution in [1.29, 1.82) is 0 Å². The minimum atomic E-state index is 0.160. The molecule has 3 nitrogen and oxygen atoms in total. The van der Waals surface area contributed by atoms with E-state index < -0.39 is 0 Å². The van der Waals surface area contributed by atoms with E-state index >= 15 is 0 Å². The van der Waals surface area contributed by atoms with Crippen LogP contribution in [0.4, 0.5) is 5.82 Å². The topological polar surface area (TPSA) is 29.0 Å². The number of halogens is 2. The molecule has 0 fully saturated rings. The molecule has 2 rings (SSSR count). The molecule has 0 aliphatic rings. The maximum atomic E-state index is 5.83. The molecule has 88 valence electrons. The lowest BCUT2D eigenvalue weighted by Crippen LogP contribution is -2.17. The van der Waals surface area contributed by atoms with Crippen LogP contribution < -0.4 is 4.90 Å². The van der Waals surface area contributed by atoms with Crippen molar-refractivity contribution < 1.29 is 0 Å². The Hall–Kier alpha value is -1.32. The molecule has 1 aromatic carbocycles. The molecule has 2 aromatic rings. The second kappa shape index (κ2) is 5.34. The van der Waals surface area contributed by atoms with Gasteiger partial charge in [-0.1, -0.05) is 41.9 Å². The van der Waals surface area contributed by atoms with Crippen LogP contribution in [-0.2, 0) is 6.54 Å². The van der Waals surface area contributed by atoms with Gasteiger partial charge in [0, 0.05) is 19.7 Å². The number of aromatic nitrogens is 2. The molecule has 1 aromatic heterocycles. The molecular formula is C12H11Cl2N3. The summed E-state index contributed by atoms with van der Waals surface area (Å²) in [5.41, 5.74) is 1.20. The Bertz CT molecular complexity index is 482. The van der Waals surface area contributed by atoms with Gasteiger partial charge < -0.3 is 4.90 Å². The average molecular weight is 268 g/mol. The van der Waals surface area contributed by atoms with Crippen LogP contribution in [-0.4, -0.2) is 17.0 Å². The van der Waals surface area contributed by atoms with Crippen molar-refractivity contribution in [2.75, 3.05) is 11.9 Å². The lowest BCUT2D eigenvalue weighted by molar-refractivity contribution is 0.891. The van der Waals surface area contributed by atoms with Crippen LogP contribution in [0.1, 0.15) is 5.56 Å². The third-order valence-corrected chi connectivity index (χ3v) is 2.67. The van der Waals surface area contributed by atoms with E-state index in [4.69, 9.17) is 23.2 Å².